The maximum atomic E-state index is 10.2. The van der Waals surface area contributed by atoms with Crippen LogP contribution in [0.3, 0.4) is 0 Å². The number of hydrogen-bond acceptors (Lipinski definition) is 6. The van der Waals surface area contributed by atoms with Crippen molar-refractivity contribution in [2.24, 2.45) is 0 Å². The van der Waals surface area contributed by atoms with Crippen LogP contribution in [0.2, 0.25) is 0 Å². The summed E-state index contributed by atoms with van der Waals surface area (Å²) >= 11 is 0. The second-order valence-electron chi connectivity index (χ2n) is 2.52. The molecule has 0 bridgehead atoms. The van der Waals surface area contributed by atoms with Gasteiger partial charge < -0.3 is 19.4 Å². The van der Waals surface area contributed by atoms with Crippen molar-refractivity contribution in [3.8, 4) is 0 Å². The van der Waals surface area contributed by atoms with E-state index in [0.29, 0.717) is 5.57 Å². The number of rotatable bonds is 3. The van der Waals surface area contributed by atoms with Crippen LogP contribution in [-0.4, -0.2) is 32.1 Å². The number of carboxylic acids is 1. The van der Waals surface area contributed by atoms with E-state index >= 15 is 0 Å². The second-order valence-corrected chi connectivity index (χ2v) is 2.52. The Kier molecular flexibility index (Phi) is 26.2. The fourth-order valence-corrected chi connectivity index (χ4v) is 0.258. The predicted octanol–water partition coefficient (Wildman–Crippen LogP) is -2.99. The Morgan fingerprint density at radius 2 is 1.42 bits per heavy atom. The Hall–Kier alpha value is -1.37. The van der Waals surface area contributed by atoms with Gasteiger partial charge in [0.2, 0.25) is 0 Å². The quantitative estimate of drug-likeness (QED) is 0.311. The summed E-state index contributed by atoms with van der Waals surface area (Å²) < 4.78 is 8.42. The van der Waals surface area contributed by atoms with Gasteiger partial charge in [-0.2, -0.15) is 0 Å². The molecule has 0 aliphatic heterocycles. The van der Waals surface area contributed by atoms with E-state index in [2.05, 4.69) is 29.2 Å². The van der Waals surface area contributed by atoms with Gasteiger partial charge in [0.1, 0.15) is 0 Å². The van der Waals surface area contributed by atoms with Gasteiger partial charge in [-0.1, -0.05) is 19.7 Å². The predicted molar refractivity (Wildman–Crippen MR) is 64.2 cm³/mol. The Labute approximate surface area is 135 Å². The fraction of sp³-hybridized carbons (Fsp3) is 0.250. The average Bonchev–Trinajstić information content (AvgIpc) is 2.37. The molecular formula is C12H17NaO6. The van der Waals surface area contributed by atoms with E-state index in [1.54, 1.807) is 6.92 Å². The summed E-state index contributed by atoms with van der Waals surface area (Å²) in [5.41, 5.74) is 0.433. The number of ether oxygens (including phenoxy) is 2. The van der Waals surface area contributed by atoms with E-state index < -0.39 is 11.9 Å². The van der Waals surface area contributed by atoms with Crippen LogP contribution in [0.15, 0.2) is 37.5 Å². The zero-order valence-corrected chi connectivity index (χ0v) is 13.7. The van der Waals surface area contributed by atoms with Crippen molar-refractivity contribution < 1.29 is 58.5 Å². The SMILES string of the molecule is C=C(C)C(=O)OC.C=CC(=O)OC.C=CC(=O)[O-].[Na+]. The van der Waals surface area contributed by atoms with E-state index in [1.807, 2.05) is 0 Å². The molecule has 0 saturated carbocycles. The molecule has 0 fully saturated rings. The number of esters is 2. The van der Waals surface area contributed by atoms with Gasteiger partial charge in [0.25, 0.3) is 0 Å². The third-order valence-electron chi connectivity index (χ3n) is 1.07. The molecule has 0 unspecified atom stereocenters. The van der Waals surface area contributed by atoms with Crippen molar-refractivity contribution in [1.82, 2.24) is 0 Å². The van der Waals surface area contributed by atoms with Crippen LogP contribution >= 0.6 is 0 Å². The molecule has 7 heteroatoms. The first-order valence-corrected chi connectivity index (χ1v) is 4.54. The van der Waals surface area contributed by atoms with Crippen LogP contribution < -0.4 is 34.7 Å². The monoisotopic (exact) mass is 280 g/mol. The zero-order valence-electron chi connectivity index (χ0n) is 11.7. The molecule has 0 aliphatic rings. The molecule has 0 saturated heterocycles. The third kappa shape index (κ3) is 31.5. The number of carbonyl (C=O) groups is 3. The van der Waals surface area contributed by atoms with Gasteiger partial charge in [-0.3, -0.25) is 0 Å². The summed E-state index contributed by atoms with van der Waals surface area (Å²) in [7, 11) is 2.64. The number of carboxylic acid groups (broad SMARTS) is 1. The number of methoxy groups -OCH3 is 2. The normalized spacial score (nSPS) is 6.68. The molecule has 0 aliphatic carbocycles. The second kappa shape index (κ2) is 19.0. The van der Waals surface area contributed by atoms with Crippen LogP contribution in [0, 0.1) is 0 Å². The van der Waals surface area contributed by atoms with Gasteiger partial charge in [0, 0.05) is 11.6 Å². The van der Waals surface area contributed by atoms with Crippen LogP contribution in [0.5, 0.6) is 0 Å². The van der Waals surface area contributed by atoms with Crippen LogP contribution in [0.1, 0.15) is 6.92 Å². The fourth-order valence-electron chi connectivity index (χ4n) is 0.258. The molecule has 19 heavy (non-hydrogen) atoms. The van der Waals surface area contributed by atoms with E-state index in [9.17, 15) is 9.59 Å². The average molecular weight is 280 g/mol. The van der Waals surface area contributed by atoms with Gasteiger partial charge in [-0.15, -0.1) is 0 Å². The summed E-state index contributed by atoms with van der Waals surface area (Å²) in [5.74, 6) is -1.97. The van der Waals surface area contributed by atoms with Crippen molar-refractivity contribution in [2.45, 2.75) is 6.92 Å². The largest absolute Gasteiger partial charge is 1.00 e. The first-order valence-electron chi connectivity index (χ1n) is 4.54. The molecule has 102 valence electrons. The van der Waals surface area contributed by atoms with Crippen molar-refractivity contribution in [1.29, 1.82) is 0 Å². The molecule has 0 heterocycles. The molecule has 0 amide bonds. The summed E-state index contributed by atoms with van der Waals surface area (Å²) in [4.78, 5) is 29.2. The van der Waals surface area contributed by atoms with Crippen molar-refractivity contribution >= 4 is 17.9 Å². The van der Waals surface area contributed by atoms with Gasteiger partial charge >= 0.3 is 41.5 Å². The molecule has 0 N–H and O–H groups in total. The van der Waals surface area contributed by atoms with Gasteiger partial charge in [0.05, 0.1) is 20.2 Å². The van der Waals surface area contributed by atoms with E-state index in [-0.39, 0.29) is 35.5 Å². The smallest absolute Gasteiger partial charge is 0.545 e. The van der Waals surface area contributed by atoms with Crippen molar-refractivity contribution in [2.75, 3.05) is 14.2 Å². The van der Waals surface area contributed by atoms with Crippen LogP contribution in [-0.2, 0) is 23.9 Å². The Balaban J connectivity index is -0.0000000878. The Morgan fingerprint density at radius 3 is 1.42 bits per heavy atom. The van der Waals surface area contributed by atoms with E-state index in [4.69, 9.17) is 9.90 Å². The van der Waals surface area contributed by atoms with Crippen molar-refractivity contribution in [3.05, 3.63) is 37.5 Å². The maximum absolute atomic E-state index is 10.2. The summed E-state index contributed by atoms with van der Waals surface area (Å²) in [6, 6.07) is 0. The van der Waals surface area contributed by atoms with E-state index in [0.717, 1.165) is 12.2 Å². The topological polar surface area (TPSA) is 92.7 Å². The minimum absolute atomic E-state index is 0. The standard InChI is InChI=1S/C5H8O2.C4H6O2.C3H4O2.Na/c1-4(2)5(6)7-3;1-3-4(5)6-2;1-2-3(4)5;/h1H2,2-3H3;3H,1H2,2H3;2H,1H2,(H,4,5);/q;;;+1/p-1. The zero-order chi connectivity index (χ0) is 15.1. The van der Waals surface area contributed by atoms with Gasteiger partial charge in [0.15, 0.2) is 0 Å². The maximum Gasteiger partial charge on any atom is 1.00 e. The number of carbonyl (C=O) groups excluding carboxylic acids is 3. The summed E-state index contributed by atoms with van der Waals surface area (Å²) in [5, 5.41) is 9.14. The summed E-state index contributed by atoms with van der Waals surface area (Å²) in [6.07, 6.45) is 1.83. The summed E-state index contributed by atoms with van der Waals surface area (Å²) in [6.45, 7) is 11.0. The minimum Gasteiger partial charge on any atom is -0.545 e. The van der Waals surface area contributed by atoms with Gasteiger partial charge in [-0.25, -0.2) is 9.59 Å². The first kappa shape index (κ1) is 26.2. The molecule has 0 radical (unpaired) electrons. The van der Waals surface area contributed by atoms with Crippen LogP contribution in [0.25, 0.3) is 0 Å². The van der Waals surface area contributed by atoms with Crippen LogP contribution in [0.4, 0.5) is 0 Å². The molecule has 0 aromatic rings. The van der Waals surface area contributed by atoms with Crippen molar-refractivity contribution in [3.63, 3.8) is 0 Å². The van der Waals surface area contributed by atoms with Gasteiger partial charge in [-0.05, 0) is 13.0 Å². The Bertz CT molecular complexity index is 322. The molecule has 0 atom stereocenters. The molecule has 6 nitrogen and oxygen atoms in total. The number of aliphatic carboxylic acids is 1. The first-order chi connectivity index (χ1) is 8.26. The number of hydrogen-bond donors (Lipinski definition) is 0. The molecular weight excluding hydrogens is 263 g/mol. The molecule has 0 rings (SSSR count). The van der Waals surface area contributed by atoms with E-state index in [1.165, 1.54) is 14.2 Å². The molecule has 0 aromatic carbocycles. The molecule has 0 aromatic heterocycles. The molecule has 0 spiro atoms. The Morgan fingerprint density at radius 1 is 1.05 bits per heavy atom. The third-order valence-corrected chi connectivity index (χ3v) is 1.07. The minimum atomic E-state index is -1.23.